The zero-order chi connectivity index (χ0) is 33.9. The van der Waals surface area contributed by atoms with Gasteiger partial charge in [-0.2, -0.15) is 0 Å². The molecule has 0 bridgehead atoms. The Morgan fingerprint density at radius 1 is 0.870 bits per heavy atom. The predicted molar refractivity (Wildman–Crippen MR) is 162 cm³/mol. The third kappa shape index (κ3) is 6.97. The molecule has 2 aliphatic rings. The number of carboxylic acid groups (broad SMARTS) is 2. The number of halogens is 1. The van der Waals surface area contributed by atoms with Crippen molar-refractivity contribution in [1.29, 1.82) is 0 Å². The number of methoxy groups -OCH3 is 2. The predicted octanol–water partition coefficient (Wildman–Crippen LogP) is 4.47. The summed E-state index contributed by atoms with van der Waals surface area (Å²) in [4.78, 5) is 51.0. The molecule has 46 heavy (non-hydrogen) atoms. The quantitative estimate of drug-likeness (QED) is 0.282. The standard InChI is InChI=1S/C33H41FN2O10/c1-17(32(39)40)10-26(37)35-14-21-12-24(43-5)25(13-22(21)15-35)45-8-7-9-46-30-19(3)28-20(4)36(27(38)11-18(2)33(41)42)16-23(28)29(34)31(30)44-6/h12-13,17-18,20H,7-11,14-16H2,1-6H3,(H,39,40)(H,41,42)/t17-,18-,20?/m0/s1. The topological polar surface area (TPSA) is 152 Å². The van der Waals surface area contributed by atoms with E-state index in [1.54, 1.807) is 18.7 Å². The highest BCUT2D eigenvalue weighted by Gasteiger charge is 2.38. The number of benzene rings is 2. The third-order valence-corrected chi connectivity index (χ3v) is 8.64. The molecule has 1 unspecified atom stereocenters. The van der Waals surface area contributed by atoms with Crippen LogP contribution in [0.5, 0.6) is 23.0 Å². The van der Waals surface area contributed by atoms with Crippen LogP contribution in [0.25, 0.3) is 0 Å². The molecular weight excluding hydrogens is 603 g/mol. The van der Waals surface area contributed by atoms with Crippen LogP contribution in [0, 0.1) is 24.6 Å². The molecule has 13 heteroatoms. The summed E-state index contributed by atoms with van der Waals surface area (Å²) >= 11 is 0. The van der Waals surface area contributed by atoms with E-state index in [2.05, 4.69) is 0 Å². The highest BCUT2D eigenvalue weighted by atomic mass is 19.1. The second-order valence-electron chi connectivity index (χ2n) is 11.9. The molecule has 0 saturated heterocycles. The third-order valence-electron chi connectivity index (χ3n) is 8.64. The van der Waals surface area contributed by atoms with Gasteiger partial charge in [0.1, 0.15) is 0 Å². The average Bonchev–Trinajstić information content (AvgIpc) is 3.59. The van der Waals surface area contributed by atoms with E-state index in [4.69, 9.17) is 24.1 Å². The minimum absolute atomic E-state index is 0.00874. The van der Waals surface area contributed by atoms with Crippen molar-refractivity contribution in [2.24, 2.45) is 11.8 Å². The van der Waals surface area contributed by atoms with Crippen LogP contribution < -0.4 is 18.9 Å². The fraction of sp³-hybridized carbons (Fsp3) is 0.515. The first-order valence-corrected chi connectivity index (χ1v) is 15.2. The molecule has 0 spiro atoms. The maximum atomic E-state index is 15.7. The molecule has 3 atom stereocenters. The van der Waals surface area contributed by atoms with Crippen molar-refractivity contribution in [3.63, 3.8) is 0 Å². The van der Waals surface area contributed by atoms with Crippen LogP contribution >= 0.6 is 0 Å². The Labute approximate surface area is 267 Å². The maximum absolute atomic E-state index is 15.7. The minimum atomic E-state index is -1.07. The minimum Gasteiger partial charge on any atom is -0.493 e. The van der Waals surface area contributed by atoms with Crippen molar-refractivity contribution in [2.45, 2.75) is 72.6 Å². The molecule has 2 heterocycles. The number of carbonyl (C=O) groups excluding carboxylic acids is 2. The van der Waals surface area contributed by atoms with E-state index >= 15 is 4.39 Å². The summed E-state index contributed by atoms with van der Waals surface area (Å²) in [6.45, 7) is 7.64. The number of fused-ring (bicyclic) bond motifs is 2. The first kappa shape index (κ1) is 34.3. The summed E-state index contributed by atoms with van der Waals surface area (Å²) in [7, 11) is 2.86. The average molecular weight is 645 g/mol. The lowest BCUT2D eigenvalue weighted by atomic mass is 9.97. The highest BCUT2D eigenvalue weighted by molar-refractivity contribution is 5.84. The van der Waals surface area contributed by atoms with Gasteiger partial charge in [0.25, 0.3) is 0 Å². The van der Waals surface area contributed by atoms with Gasteiger partial charge in [-0.25, -0.2) is 4.39 Å². The summed E-state index contributed by atoms with van der Waals surface area (Å²) in [6, 6.07) is 3.15. The fourth-order valence-electron chi connectivity index (χ4n) is 5.93. The van der Waals surface area contributed by atoms with Gasteiger partial charge in [0, 0.05) is 50.0 Å². The van der Waals surface area contributed by atoms with Crippen molar-refractivity contribution in [3.8, 4) is 23.0 Å². The maximum Gasteiger partial charge on any atom is 0.306 e. The van der Waals surface area contributed by atoms with E-state index < -0.39 is 35.6 Å². The summed E-state index contributed by atoms with van der Waals surface area (Å²) in [5.41, 5.74) is 3.37. The number of aliphatic carboxylic acids is 2. The first-order chi connectivity index (χ1) is 21.8. The van der Waals surface area contributed by atoms with Crippen LogP contribution in [0.2, 0.25) is 0 Å². The smallest absolute Gasteiger partial charge is 0.306 e. The van der Waals surface area contributed by atoms with Gasteiger partial charge in [-0.05, 0) is 42.7 Å². The Kier molecular flexibility index (Phi) is 10.6. The van der Waals surface area contributed by atoms with Gasteiger partial charge < -0.3 is 39.0 Å². The number of ether oxygens (including phenoxy) is 4. The lowest BCUT2D eigenvalue weighted by molar-refractivity contribution is -0.146. The van der Waals surface area contributed by atoms with Crippen molar-refractivity contribution in [1.82, 2.24) is 9.80 Å². The molecule has 0 fully saturated rings. The number of carbonyl (C=O) groups is 4. The number of carboxylic acids is 2. The number of amides is 2. The molecule has 2 N–H and O–H groups in total. The van der Waals surface area contributed by atoms with Gasteiger partial charge in [0.15, 0.2) is 28.8 Å². The van der Waals surface area contributed by atoms with Crippen molar-refractivity contribution in [2.75, 3.05) is 27.4 Å². The Balaban J connectivity index is 1.39. The van der Waals surface area contributed by atoms with Gasteiger partial charge in [0.2, 0.25) is 11.8 Å². The second-order valence-corrected chi connectivity index (χ2v) is 11.9. The summed E-state index contributed by atoms with van der Waals surface area (Å²) in [5.74, 6) is -3.78. The van der Waals surface area contributed by atoms with Gasteiger partial charge >= 0.3 is 11.9 Å². The van der Waals surface area contributed by atoms with Gasteiger partial charge in [-0.15, -0.1) is 0 Å². The van der Waals surface area contributed by atoms with E-state index in [0.29, 0.717) is 47.7 Å². The molecule has 0 aliphatic carbocycles. The molecule has 2 aromatic rings. The van der Waals surface area contributed by atoms with Crippen LogP contribution in [-0.2, 0) is 38.8 Å². The summed E-state index contributed by atoms with van der Waals surface area (Å²) < 4.78 is 38.6. The van der Waals surface area contributed by atoms with Crippen LogP contribution in [0.3, 0.4) is 0 Å². The lowest BCUT2D eigenvalue weighted by Gasteiger charge is -2.24. The Hall–Kier alpha value is -4.55. The Bertz CT molecular complexity index is 1530. The molecule has 2 aromatic carbocycles. The van der Waals surface area contributed by atoms with E-state index in [1.807, 2.05) is 12.1 Å². The van der Waals surface area contributed by atoms with Crippen LogP contribution in [0.15, 0.2) is 12.1 Å². The molecule has 2 amide bonds. The van der Waals surface area contributed by atoms with Gasteiger partial charge in [-0.1, -0.05) is 13.8 Å². The second kappa shape index (κ2) is 14.3. The lowest BCUT2D eigenvalue weighted by Crippen LogP contribution is -2.31. The van der Waals surface area contributed by atoms with Crippen molar-refractivity contribution in [3.05, 3.63) is 45.8 Å². The normalized spacial score (nSPS) is 16.4. The molecule has 4 rings (SSSR count). The van der Waals surface area contributed by atoms with E-state index in [9.17, 15) is 24.3 Å². The van der Waals surface area contributed by atoms with E-state index in [0.717, 1.165) is 11.1 Å². The van der Waals surface area contributed by atoms with Crippen molar-refractivity contribution >= 4 is 23.8 Å². The highest BCUT2D eigenvalue weighted by Crippen LogP contribution is 2.47. The molecule has 250 valence electrons. The largest absolute Gasteiger partial charge is 0.493 e. The fourth-order valence-corrected chi connectivity index (χ4v) is 5.93. The van der Waals surface area contributed by atoms with E-state index in [1.165, 1.54) is 33.0 Å². The SMILES string of the molecule is COc1cc2c(cc1OCCCOc1c(C)c3c(c(F)c1OC)CN(C(=O)C[C@H](C)C(=O)O)C3C)CN(C(=O)C[C@H](C)C(=O)O)C2. The monoisotopic (exact) mass is 644 g/mol. The van der Waals surface area contributed by atoms with Gasteiger partial charge in [0.05, 0.1) is 45.3 Å². The Morgan fingerprint density at radius 3 is 2.00 bits per heavy atom. The summed E-state index contributed by atoms with van der Waals surface area (Å²) in [5, 5.41) is 18.4. The molecule has 0 aromatic heterocycles. The molecule has 0 radical (unpaired) electrons. The van der Waals surface area contributed by atoms with Gasteiger partial charge in [-0.3, -0.25) is 19.2 Å². The molecule has 0 saturated carbocycles. The number of hydrogen-bond acceptors (Lipinski definition) is 8. The molecular formula is C33H41FN2O10. The first-order valence-electron chi connectivity index (χ1n) is 15.2. The van der Waals surface area contributed by atoms with Crippen LogP contribution in [-0.4, -0.2) is 71.2 Å². The van der Waals surface area contributed by atoms with E-state index in [-0.39, 0.29) is 55.9 Å². The van der Waals surface area contributed by atoms with Crippen molar-refractivity contribution < 1.29 is 52.7 Å². The number of nitrogens with zero attached hydrogens (tertiary/aromatic N) is 2. The zero-order valence-electron chi connectivity index (χ0n) is 27.0. The zero-order valence-corrected chi connectivity index (χ0v) is 27.0. The molecule has 2 aliphatic heterocycles. The van der Waals surface area contributed by atoms with Crippen LogP contribution in [0.4, 0.5) is 4.39 Å². The molecule has 12 nitrogen and oxygen atoms in total. The summed E-state index contributed by atoms with van der Waals surface area (Å²) in [6.07, 6.45) is 0.155. The van der Waals surface area contributed by atoms with Crippen LogP contribution in [0.1, 0.15) is 73.9 Å². The Morgan fingerprint density at radius 2 is 1.43 bits per heavy atom. The number of hydrogen-bond donors (Lipinski definition) is 2. The number of rotatable bonds is 14.